The van der Waals surface area contributed by atoms with Crippen LogP contribution in [-0.2, 0) is 9.53 Å². The van der Waals surface area contributed by atoms with Gasteiger partial charge in [0.05, 0.1) is 0 Å². The Morgan fingerprint density at radius 2 is 1.67 bits per heavy atom. The van der Waals surface area contributed by atoms with Gasteiger partial charge in [0.2, 0.25) is 0 Å². The third-order valence-electron chi connectivity index (χ3n) is 2.76. The first-order valence-corrected chi connectivity index (χ1v) is 6.47. The molecule has 0 aliphatic rings. The van der Waals surface area contributed by atoms with E-state index >= 15 is 0 Å². The molecule has 0 bridgehead atoms. The second kappa shape index (κ2) is 7.65. The van der Waals surface area contributed by atoms with Crippen molar-refractivity contribution in [3.63, 3.8) is 0 Å². The van der Waals surface area contributed by atoms with Crippen LogP contribution in [0.25, 0.3) is 6.08 Å². The normalized spacial score (nSPS) is 11.5. The molecule has 0 atom stereocenters. The van der Waals surface area contributed by atoms with Crippen molar-refractivity contribution in [3.8, 4) is 0 Å². The highest BCUT2D eigenvalue weighted by molar-refractivity contribution is 6.43. The van der Waals surface area contributed by atoms with Crippen LogP contribution in [0.1, 0.15) is 11.1 Å². The number of hydrogen-bond donors (Lipinski definition) is 1. The van der Waals surface area contributed by atoms with Crippen molar-refractivity contribution in [1.29, 1.82) is 0 Å². The van der Waals surface area contributed by atoms with Gasteiger partial charge in [0.15, 0.2) is 5.71 Å². The van der Waals surface area contributed by atoms with E-state index in [1.165, 1.54) is 0 Å². The Bertz CT molecular complexity index is 634. The zero-order valence-electron chi connectivity index (χ0n) is 11.3. The van der Waals surface area contributed by atoms with E-state index in [0.29, 0.717) is 5.56 Å². The number of nitrogens with zero attached hydrogens (tertiary/aromatic N) is 1. The van der Waals surface area contributed by atoms with E-state index in [1.807, 2.05) is 42.5 Å². The molecule has 2 aromatic rings. The van der Waals surface area contributed by atoms with E-state index in [2.05, 4.69) is 5.16 Å². The molecule has 0 aromatic heterocycles. The molecule has 4 nitrogen and oxygen atoms in total. The van der Waals surface area contributed by atoms with E-state index in [1.54, 1.807) is 30.3 Å². The summed E-state index contributed by atoms with van der Waals surface area (Å²) < 4.78 is 5.05. The molecule has 2 aromatic carbocycles. The standard InChI is InChI=1S/C17H15NO3/c19-17(16(18-20)15-11-5-2-6-12-15)21-13-7-10-14-8-3-1-4-9-14/h1-12,20H,13H2/b10-7+,18-16-. The van der Waals surface area contributed by atoms with Crippen LogP contribution in [0.15, 0.2) is 71.9 Å². The van der Waals surface area contributed by atoms with E-state index in [0.717, 1.165) is 5.56 Å². The van der Waals surface area contributed by atoms with Gasteiger partial charge in [-0.2, -0.15) is 0 Å². The molecule has 106 valence electrons. The summed E-state index contributed by atoms with van der Waals surface area (Å²) in [6.07, 6.45) is 3.58. The quantitative estimate of drug-likeness (QED) is 0.396. The minimum Gasteiger partial charge on any atom is -0.457 e. The second-order valence-electron chi connectivity index (χ2n) is 4.23. The van der Waals surface area contributed by atoms with Gasteiger partial charge < -0.3 is 9.94 Å². The van der Waals surface area contributed by atoms with Gasteiger partial charge in [0.1, 0.15) is 6.61 Å². The van der Waals surface area contributed by atoms with Crippen LogP contribution >= 0.6 is 0 Å². The van der Waals surface area contributed by atoms with Crippen LogP contribution < -0.4 is 0 Å². The third kappa shape index (κ3) is 4.31. The van der Waals surface area contributed by atoms with Crippen molar-refractivity contribution in [2.24, 2.45) is 5.16 Å². The van der Waals surface area contributed by atoms with E-state index in [9.17, 15) is 4.79 Å². The van der Waals surface area contributed by atoms with E-state index < -0.39 is 5.97 Å². The number of esters is 1. The van der Waals surface area contributed by atoms with Crippen molar-refractivity contribution < 1.29 is 14.7 Å². The van der Waals surface area contributed by atoms with Gasteiger partial charge in [-0.25, -0.2) is 4.79 Å². The maximum Gasteiger partial charge on any atom is 0.361 e. The van der Waals surface area contributed by atoms with Crippen molar-refractivity contribution in [2.75, 3.05) is 6.61 Å². The van der Waals surface area contributed by atoms with Crippen molar-refractivity contribution >= 4 is 17.8 Å². The smallest absolute Gasteiger partial charge is 0.361 e. The summed E-state index contributed by atoms with van der Waals surface area (Å²) >= 11 is 0. The number of carbonyl (C=O) groups is 1. The van der Waals surface area contributed by atoms with Crippen LogP contribution in [0.4, 0.5) is 0 Å². The average molecular weight is 281 g/mol. The molecule has 0 fully saturated rings. The number of ether oxygens (including phenoxy) is 1. The summed E-state index contributed by atoms with van der Waals surface area (Å²) in [6.45, 7) is 0.111. The first-order valence-electron chi connectivity index (χ1n) is 6.47. The van der Waals surface area contributed by atoms with Crippen LogP contribution in [0.5, 0.6) is 0 Å². The lowest BCUT2D eigenvalue weighted by atomic mass is 10.1. The van der Waals surface area contributed by atoms with Gasteiger partial charge in [-0.3, -0.25) is 0 Å². The predicted octanol–water partition coefficient (Wildman–Crippen LogP) is 3.12. The average Bonchev–Trinajstić information content (AvgIpc) is 2.54. The lowest BCUT2D eigenvalue weighted by molar-refractivity contribution is -0.134. The number of rotatable bonds is 5. The second-order valence-corrected chi connectivity index (χ2v) is 4.23. The minimum atomic E-state index is -0.665. The van der Waals surface area contributed by atoms with Gasteiger partial charge in [-0.05, 0) is 11.6 Å². The maximum atomic E-state index is 11.8. The largest absolute Gasteiger partial charge is 0.457 e. The molecule has 0 heterocycles. The summed E-state index contributed by atoms with van der Waals surface area (Å²) in [5, 5.41) is 12.0. The predicted molar refractivity (Wildman–Crippen MR) is 81.2 cm³/mol. The molecule has 0 saturated heterocycles. The van der Waals surface area contributed by atoms with Crippen molar-refractivity contribution in [3.05, 3.63) is 77.9 Å². The Morgan fingerprint density at radius 1 is 1.05 bits per heavy atom. The maximum absolute atomic E-state index is 11.8. The zero-order chi connectivity index (χ0) is 14.9. The van der Waals surface area contributed by atoms with Crippen molar-refractivity contribution in [1.82, 2.24) is 0 Å². The summed E-state index contributed by atoms with van der Waals surface area (Å²) in [4.78, 5) is 11.8. The van der Waals surface area contributed by atoms with Gasteiger partial charge in [-0.1, -0.05) is 71.9 Å². The first-order chi connectivity index (χ1) is 10.3. The van der Waals surface area contributed by atoms with Crippen LogP contribution in [0, 0.1) is 0 Å². The fourth-order valence-electron chi connectivity index (χ4n) is 1.75. The number of hydrogen-bond acceptors (Lipinski definition) is 4. The molecule has 2 rings (SSSR count). The summed E-state index contributed by atoms with van der Waals surface area (Å²) in [5.41, 5.74) is 1.42. The van der Waals surface area contributed by atoms with Crippen molar-refractivity contribution in [2.45, 2.75) is 0 Å². The van der Waals surface area contributed by atoms with E-state index in [4.69, 9.17) is 9.94 Å². The lowest BCUT2D eigenvalue weighted by Gasteiger charge is -2.04. The van der Waals surface area contributed by atoms with Gasteiger partial charge in [-0.15, -0.1) is 0 Å². The molecule has 21 heavy (non-hydrogen) atoms. The summed E-state index contributed by atoms with van der Waals surface area (Å²) in [7, 11) is 0. The number of oxime groups is 1. The Labute approximate surface area is 123 Å². The SMILES string of the molecule is O=C(OC/C=C/c1ccccc1)/C(=N\O)c1ccccc1. The minimum absolute atomic E-state index is 0.108. The Hall–Kier alpha value is -2.88. The monoisotopic (exact) mass is 281 g/mol. The molecule has 0 aliphatic heterocycles. The lowest BCUT2D eigenvalue weighted by Crippen LogP contribution is -2.18. The van der Waals surface area contributed by atoms with Crippen LogP contribution in [-0.4, -0.2) is 23.5 Å². The molecular formula is C17H15NO3. The number of carbonyl (C=O) groups excluding carboxylic acids is 1. The summed E-state index contributed by atoms with van der Waals surface area (Å²) in [5.74, 6) is -0.665. The molecule has 0 radical (unpaired) electrons. The zero-order valence-corrected chi connectivity index (χ0v) is 11.3. The molecule has 0 unspecified atom stereocenters. The highest BCUT2D eigenvalue weighted by Crippen LogP contribution is 2.04. The topological polar surface area (TPSA) is 58.9 Å². The molecule has 0 amide bonds. The van der Waals surface area contributed by atoms with Gasteiger partial charge >= 0.3 is 5.97 Å². The summed E-state index contributed by atoms with van der Waals surface area (Å²) in [6, 6.07) is 18.4. The molecule has 0 spiro atoms. The Balaban J connectivity index is 1.91. The third-order valence-corrected chi connectivity index (χ3v) is 2.76. The first kappa shape index (κ1) is 14.5. The number of benzene rings is 2. The highest BCUT2D eigenvalue weighted by atomic mass is 16.5. The molecule has 4 heteroatoms. The molecule has 0 saturated carbocycles. The molecule has 0 aliphatic carbocycles. The Morgan fingerprint density at radius 3 is 2.29 bits per heavy atom. The highest BCUT2D eigenvalue weighted by Gasteiger charge is 2.15. The molecule has 1 N–H and O–H groups in total. The van der Waals surface area contributed by atoms with Gasteiger partial charge in [0, 0.05) is 5.56 Å². The van der Waals surface area contributed by atoms with Crippen LogP contribution in [0.3, 0.4) is 0 Å². The molecular weight excluding hydrogens is 266 g/mol. The fraction of sp³-hybridized carbons (Fsp3) is 0.0588. The van der Waals surface area contributed by atoms with E-state index in [-0.39, 0.29) is 12.3 Å². The van der Waals surface area contributed by atoms with Gasteiger partial charge in [0.25, 0.3) is 0 Å². The fourth-order valence-corrected chi connectivity index (χ4v) is 1.75. The van der Waals surface area contributed by atoms with Crippen LogP contribution in [0.2, 0.25) is 0 Å². The Kier molecular flexibility index (Phi) is 5.29.